The van der Waals surface area contributed by atoms with Gasteiger partial charge in [0.1, 0.15) is 6.10 Å². The molecule has 0 aromatic rings. The summed E-state index contributed by atoms with van der Waals surface area (Å²) in [7, 11) is 2.00. The van der Waals surface area contributed by atoms with Gasteiger partial charge in [0.15, 0.2) is 0 Å². The number of ether oxygens (including phenoxy) is 1. The molecule has 0 radical (unpaired) electrons. The number of rotatable bonds is 9. The summed E-state index contributed by atoms with van der Waals surface area (Å²) >= 11 is 0. The van der Waals surface area contributed by atoms with Crippen LogP contribution >= 0.6 is 0 Å². The van der Waals surface area contributed by atoms with E-state index in [0.717, 1.165) is 37.1 Å². The summed E-state index contributed by atoms with van der Waals surface area (Å²) in [6.45, 7) is 11.3. The van der Waals surface area contributed by atoms with Gasteiger partial charge in [-0.25, -0.2) is 4.79 Å². The van der Waals surface area contributed by atoms with Crippen molar-refractivity contribution in [3.63, 3.8) is 0 Å². The molecule has 26 heavy (non-hydrogen) atoms. The maximum absolute atomic E-state index is 12.2. The van der Waals surface area contributed by atoms with Crippen LogP contribution in [0.25, 0.3) is 0 Å². The standard InChI is InChI=1S/C23H39NO2/c1-5-7-8-19-9-11-20(12-10-19)21-13-15-22(16-14-21)26-23(25)18(3)17-24(4)6-2/h5,19-22H,1,3,6-17H2,2,4H3. The lowest BCUT2D eigenvalue weighted by Gasteiger charge is -2.37. The number of hydrogen-bond acceptors (Lipinski definition) is 3. The maximum atomic E-state index is 12.2. The SMILES string of the molecule is C=CCCC1CCC(C2CCC(OC(=O)C(=C)CN(C)CC)CC2)CC1. The van der Waals surface area contributed by atoms with Crippen molar-refractivity contribution in [3.05, 3.63) is 24.8 Å². The molecule has 0 atom stereocenters. The third-order valence-electron chi connectivity index (χ3n) is 6.62. The first kappa shape index (κ1) is 21.2. The van der Waals surface area contributed by atoms with E-state index in [9.17, 15) is 4.79 Å². The predicted molar refractivity (Wildman–Crippen MR) is 109 cm³/mol. The van der Waals surface area contributed by atoms with Crippen molar-refractivity contribution in [3.8, 4) is 0 Å². The van der Waals surface area contributed by atoms with Crippen LogP contribution in [-0.4, -0.2) is 37.1 Å². The van der Waals surface area contributed by atoms with E-state index in [1.165, 1.54) is 51.4 Å². The van der Waals surface area contributed by atoms with Crippen molar-refractivity contribution < 1.29 is 9.53 Å². The zero-order valence-electron chi connectivity index (χ0n) is 17.0. The highest BCUT2D eigenvalue weighted by atomic mass is 16.5. The van der Waals surface area contributed by atoms with E-state index in [-0.39, 0.29) is 12.1 Å². The number of nitrogens with zero attached hydrogens (tertiary/aromatic N) is 1. The Kier molecular flexibility index (Phi) is 8.90. The van der Waals surface area contributed by atoms with Crippen molar-refractivity contribution >= 4 is 5.97 Å². The van der Waals surface area contributed by atoms with Gasteiger partial charge in [-0.1, -0.05) is 32.4 Å². The Hall–Kier alpha value is -1.09. The molecule has 0 aromatic carbocycles. The van der Waals surface area contributed by atoms with Gasteiger partial charge >= 0.3 is 5.97 Å². The molecule has 0 bridgehead atoms. The number of esters is 1. The second-order valence-corrected chi connectivity index (χ2v) is 8.52. The van der Waals surface area contributed by atoms with Crippen LogP contribution in [0.5, 0.6) is 0 Å². The van der Waals surface area contributed by atoms with E-state index in [0.29, 0.717) is 12.1 Å². The van der Waals surface area contributed by atoms with Crippen molar-refractivity contribution in [2.45, 2.75) is 77.2 Å². The molecule has 0 amide bonds. The minimum Gasteiger partial charge on any atom is -0.459 e. The van der Waals surface area contributed by atoms with Crippen LogP contribution in [-0.2, 0) is 9.53 Å². The monoisotopic (exact) mass is 361 g/mol. The molecule has 0 unspecified atom stereocenters. The molecule has 2 aliphatic carbocycles. The van der Waals surface area contributed by atoms with Gasteiger partial charge in [-0.15, -0.1) is 6.58 Å². The average Bonchev–Trinajstić information content (AvgIpc) is 2.67. The number of hydrogen-bond donors (Lipinski definition) is 0. The van der Waals surface area contributed by atoms with Gasteiger partial charge in [-0.3, -0.25) is 0 Å². The second-order valence-electron chi connectivity index (χ2n) is 8.52. The van der Waals surface area contributed by atoms with Crippen LogP contribution in [0, 0.1) is 17.8 Å². The molecule has 0 aromatic heterocycles. The molecule has 0 saturated heterocycles. The van der Waals surface area contributed by atoms with E-state index < -0.39 is 0 Å². The van der Waals surface area contributed by atoms with Crippen LogP contribution in [0.3, 0.4) is 0 Å². The summed E-state index contributed by atoms with van der Waals surface area (Å²) in [6, 6.07) is 0. The fraction of sp³-hybridized carbons (Fsp3) is 0.783. The Morgan fingerprint density at radius 3 is 2.19 bits per heavy atom. The third kappa shape index (κ3) is 6.57. The molecule has 2 fully saturated rings. The Morgan fingerprint density at radius 2 is 1.65 bits per heavy atom. The highest BCUT2D eigenvalue weighted by Gasteiger charge is 2.32. The quantitative estimate of drug-likeness (QED) is 0.314. The van der Waals surface area contributed by atoms with E-state index in [4.69, 9.17) is 4.74 Å². The van der Waals surface area contributed by atoms with E-state index >= 15 is 0 Å². The minimum absolute atomic E-state index is 0.103. The molecule has 3 heteroatoms. The van der Waals surface area contributed by atoms with Gasteiger partial charge in [0.25, 0.3) is 0 Å². The molecule has 3 nitrogen and oxygen atoms in total. The van der Waals surface area contributed by atoms with Gasteiger partial charge in [0, 0.05) is 12.1 Å². The van der Waals surface area contributed by atoms with Crippen molar-refractivity contribution in [1.82, 2.24) is 4.90 Å². The number of likely N-dealkylation sites (N-methyl/N-ethyl adjacent to an activating group) is 1. The Balaban J connectivity index is 1.67. The normalized spacial score (nSPS) is 29.3. The molecular formula is C23H39NO2. The molecule has 0 spiro atoms. The Morgan fingerprint density at radius 1 is 1.08 bits per heavy atom. The molecule has 2 aliphatic rings. The van der Waals surface area contributed by atoms with E-state index in [1.807, 2.05) is 7.05 Å². The van der Waals surface area contributed by atoms with Gasteiger partial charge in [0.2, 0.25) is 0 Å². The average molecular weight is 362 g/mol. The highest BCUT2D eigenvalue weighted by molar-refractivity contribution is 5.88. The zero-order valence-corrected chi connectivity index (χ0v) is 17.0. The van der Waals surface area contributed by atoms with E-state index in [1.54, 1.807) is 0 Å². The van der Waals surface area contributed by atoms with Gasteiger partial charge in [-0.2, -0.15) is 0 Å². The zero-order chi connectivity index (χ0) is 18.9. The van der Waals surface area contributed by atoms with Crippen LogP contribution in [0.4, 0.5) is 0 Å². The third-order valence-corrected chi connectivity index (χ3v) is 6.62. The number of carbonyl (C=O) groups excluding carboxylic acids is 1. The summed E-state index contributed by atoms with van der Waals surface area (Å²) in [4.78, 5) is 14.3. The van der Waals surface area contributed by atoms with Gasteiger partial charge in [-0.05, 0) is 82.7 Å². The lowest BCUT2D eigenvalue weighted by molar-refractivity contribution is -0.146. The highest BCUT2D eigenvalue weighted by Crippen LogP contribution is 2.41. The predicted octanol–water partition coefficient (Wildman–Crippen LogP) is 5.37. The summed E-state index contributed by atoms with van der Waals surface area (Å²) < 4.78 is 5.72. The molecule has 0 heterocycles. The summed E-state index contributed by atoms with van der Waals surface area (Å²) in [5, 5.41) is 0. The fourth-order valence-electron chi connectivity index (χ4n) is 4.72. The summed E-state index contributed by atoms with van der Waals surface area (Å²) in [5.41, 5.74) is 0.578. The number of allylic oxidation sites excluding steroid dienone is 1. The smallest absolute Gasteiger partial charge is 0.334 e. The van der Waals surface area contributed by atoms with Gasteiger partial charge in [0.05, 0.1) is 0 Å². The first-order valence-corrected chi connectivity index (χ1v) is 10.7. The maximum Gasteiger partial charge on any atom is 0.334 e. The first-order valence-electron chi connectivity index (χ1n) is 10.7. The second kappa shape index (κ2) is 10.9. The molecule has 2 saturated carbocycles. The topological polar surface area (TPSA) is 29.5 Å². The number of carbonyl (C=O) groups is 1. The van der Waals surface area contributed by atoms with Gasteiger partial charge < -0.3 is 9.64 Å². The molecule has 0 N–H and O–H groups in total. The Labute approximate surface area is 160 Å². The largest absolute Gasteiger partial charge is 0.459 e. The Bertz CT molecular complexity index is 457. The molecule has 148 valence electrons. The molecule has 2 rings (SSSR count). The molecular weight excluding hydrogens is 322 g/mol. The van der Waals surface area contributed by atoms with E-state index in [2.05, 4.69) is 31.1 Å². The lowest BCUT2D eigenvalue weighted by Crippen LogP contribution is -2.31. The first-order chi connectivity index (χ1) is 12.5. The summed E-state index contributed by atoms with van der Waals surface area (Å²) in [5.74, 6) is 2.48. The fourth-order valence-corrected chi connectivity index (χ4v) is 4.72. The van der Waals surface area contributed by atoms with Crippen molar-refractivity contribution in [2.24, 2.45) is 17.8 Å². The van der Waals surface area contributed by atoms with Crippen molar-refractivity contribution in [2.75, 3.05) is 20.1 Å². The van der Waals surface area contributed by atoms with Crippen LogP contribution in [0.15, 0.2) is 24.8 Å². The van der Waals surface area contributed by atoms with Crippen LogP contribution in [0.1, 0.15) is 71.1 Å². The summed E-state index contributed by atoms with van der Waals surface area (Å²) in [6.07, 6.45) is 14.8. The van der Waals surface area contributed by atoms with Crippen molar-refractivity contribution in [1.29, 1.82) is 0 Å². The minimum atomic E-state index is -0.198. The lowest BCUT2D eigenvalue weighted by atomic mass is 9.70. The molecule has 0 aliphatic heterocycles. The van der Waals surface area contributed by atoms with Crippen LogP contribution < -0.4 is 0 Å². The van der Waals surface area contributed by atoms with Crippen LogP contribution in [0.2, 0.25) is 0 Å².